The SMILES string of the molecule is CO[C@H]1C[C@H]2C[C@@H](CCN(C)C)O[C@@H]2[C@H](C)C/[SH](=O)=N\C(=O)c2ccc3c(c2)N(Cc2ccc(Cl)cc2CCCCO3)C[C@@H]2CC[C@H]21. The third-order valence-electron chi connectivity index (χ3n) is 10.9. The second-order valence-electron chi connectivity index (χ2n) is 14.5. The molecule has 1 unspecified atom stereocenters. The lowest BCUT2D eigenvalue weighted by molar-refractivity contribution is -0.0447. The van der Waals surface area contributed by atoms with Crippen LogP contribution in [0.5, 0.6) is 5.75 Å². The Kier molecular flexibility index (Phi) is 11.5. The predicted octanol–water partition coefficient (Wildman–Crippen LogP) is 6.67. The molecule has 6 rings (SSSR count). The fourth-order valence-electron chi connectivity index (χ4n) is 8.22. The molecule has 0 aromatic heterocycles. The molecule has 2 bridgehead atoms. The van der Waals surface area contributed by atoms with Crippen molar-refractivity contribution in [1.82, 2.24) is 4.90 Å². The van der Waals surface area contributed by atoms with E-state index in [-0.39, 0.29) is 24.2 Å². The first kappa shape index (κ1) is 34.7. The summed E-state index contributed by atoms with van der Waals surface area (Å²) in [6, 6.07) is 11.8. The van der Waals surface area contributed by atoms with Crippen molar-refractivity contribution in [2.24, 2.45) is 28.0 Å². The zero-order valence-electron chi connectivity index (χ0n) is 28.4. The summed E-state index contributed by atoms with van der Waals surface area (Å²) in [5.41, 5.74) is 3.82. The second-order valence-corrected chi connectivity index (χ2v) is 16.2. The molecule has 0 N–H and O–H groups in total. The van der Waals surface area contributed by atoms with E-state index in [1.165, 1.54) is 11.1 Å². The van der Waals surface area contributed by atoms with Crippen molar-refractivity contribution in [3.8, 4) is 5.75 Å². The zero-order valence-corrected chi connectivity index (χ0v) is 30.1. The highest BCUT2D eigenvalue weighted by molar-refractivity contribution is 7.75. The number of hydrogen-bond acceptors (Lipinski definition) is 7. The summed E-state index contributed by atoms with van der Waals surface area (Å²) in [6.45, 7) is 5.16. The van der Waals surface area contributed by atoms with Gasteiger partial charge in [0.25, 0.3) is 5.91 Å². The zero-order chi connectivity index (χ0) is 33.1. The van der Waals surface area contributed by atoms with Crippen LogP contribution in [0.4, 0.5) is 5.69 Å². The number of nitrogens with zero attached hydrogens (tertiary/aromatic N) is 3. The lowest BCUT2D eigenvalue weighted by Crippen LogP contribution is -2.45. The minimum absolute atomic E-state index is 0.0111. The lowest BCUT2D eigenvalue weighted by Gasteiger charge is -2.45. The molecule has 10 heteroatoms. The third-order valence-corrected chi connectivity index (χ3v) is 12.4. The number of carbonyl (C=O) groups excluding carboxylic acids is 1. The molecule has 4 aliphatic rings. The van der Waals surface area contributed by atoms with E-state index in [0.29, 0.717) is 42.2 Å². The van der Waals surface area contributed by atoms with Crippen LogP contribution in [0.15, 0.2) is 40.8 Å². The van der Waals surface area contributed by atoms with E-state index in [4.69, 9.17) is 25.8 Å². The molecule has 2 aromatic carbocycles. The number of amides is 1. The van der Waals surface area contributed by atoms with Crippen molar-refractivity contribution in [1.29, 1.82) is 0 Å². The molecule has 1 saturated carbocycles. The molecule has 8 nitrogen and oxygen atoms in total. The van der Waals surface area contributed by atoms with Gasteiger partial charge in [-0.1, -0.05) is 24.6 Å². The van der Waals surface area contributed by atoms with Crippen LogP contribution in [0.25, 0.3) is 0 Å². The van der Waals surface area contributed by atoms with Crippen LogP contribution in [0.1, 0.15) is 73.4 Å². The van der Waals surface area contributed by atoms with Crippen molar-refractivity contribution in [2.45, 2.75) is 83.1 Å². The lowest BCUT2D eigenvalue weighted by atomic mass is 9.68. The maximum Gasteiger partial charge on any atom is 0.284 e. The van der Waals surface area contributed by atoms with Crippen molar-refractivity contribution in [3.63, 3.8) is 0 Å². The summed E-state index contributed by atoms with van der Waals surface area (Å²) in [5, 5.41) is 0.751. The number of anilines is 1. The fourth-order valence-corrected chi connectivity index (χ4v) is 9.52. The summed E-state index contributed by atoms with van der Waals surface area (Å²) >= 11 is 6.48. The second kappa shape index (κ2) is 15.6. The number of thiol groups is 1. The van der Waals surface area contributed by atoms with E-state index in [1.54, 1.807) is 6.07 Å². The van der Waals surface area contributed by atoms with Crippen LogP contribution in [0, 0.1) is 23.7 Å². The minimum Gasteiger partial charge on any atom is -0.491 e. The van der Waals surface area contributed by atoms with Gasteiger partial charge < -0.3 is 24.0 Å². The van der Waals surface area contributed by atoms with E-state index in [9.17, 15) is 9.00 Å². The quantitative estimate of drug-likeness (QED) is 0.360. The minimum atomic E-state index is -2.10. The van der Waals surface area contributed by atoms with Gasteiger partial charge in [-0.25, -0.2) is 0 Å². The van der Waals surface area contributed by atoms with Crippen LogP contribution < -0.4 is 9.64 Å². The van der Waals surface area contributed by atoms with E-state index in [0.717, 1.165) is 80.9 Å². The first-order valence-electron chi connectivity index (χ1n) is 17.5. The molecular weight excluding hydrogens is 634 g/mol. The van der Waals surface area contributed by atoms with Crippen molar-refractivity contribution < 1.29 is 23.2 Å². The van der Waals surface area contributed by atoms with Crippen LogP contribution in [-0.2, 0) is 33.0 Å². The van der Waals surface area contributed by atoms with Gasteiger partial charge in [0, 0.05) is 47.1 Å². The van der Waals surface area contributed by atoms with E-state index < -0.39 is 16.5 Å². The molecule has 1 aliphatic carbocycles. The van der Waals surface area contributed by atoms with Gasteiger partial charge in [0.2, 0.25) is 0 Å². The van der Waals surface area contributed by atoms with Gasteiger partial charge in [-0.2, -0.15) is 4.36 Å². The Bertz CT molecular complexity index is 1500. The topological polar surface area (TPSA) is 80.7 Å². The number of aryl methyl sites for hydroxylation is 1. The summed E-state index contributed by atoms with van der Waals surface area (Å²) in [6.07, 6.45) is 8.24. The maximum absolute atomic E-state index is 13.5. The Labute approximate surface area is 287 Å². The predicted molar refractivity (Wildman–Crippen MR) is 189 cm³/mol. The Morgan fingerprint density at radius 2 is 1.94 bits per heavy atom. The normalized spacial score (nSPS) is 32.1. The van der Waals surface area contributed by atoms with Gasteiger partial charge in [0.1, 0.15) is 5.75 Å². The van der Waals surface area contributed by atoms with Crippen LogP contribution in [0.3, 0.4) is 0 Å². The highest BCUT2D eigenvalue weighted by atomic mass is 35.5. The third kappa shape index (κ3) is 8.35. The molecule has 2 fully saturated rings. The Hall–Kier alpha value is -2.17. The first-order chi connectivity index (χ1) is 22.7. The number of ether oxygens (including phenoxy) is 3. The summed E-state index contributed by atoms with van der Waals surface area (Å²) in [5.74, 6) is 1.83. The van der Waals surface area contributed by atoms with Gasteiger partial charge in [0.05, 0.1) is 30.6 Å². The number of fused-ring (bicyclic) bond motifs is 4. The van der Waals surface area contributed by atoms with Gasteiger partial charge in [-0.15, -0.1) is 0 Å². The number of carbonyl (C=O) groups is 1. The van der Waals surface area contributed by atoms with Crippen LogP contribution in [0.2, 0.25) is 5.02 Å². The molecule has 0 radical (unpaired) electrons. The van der Waals surface area contributed by atoms with E-state index in [2.05, 4.69) is 47.3 Å². The largest absolute Gasteiger partial charge is 0.491 e. The smallest absolute Gasteiger partial charge is 0.284 e. The first-order valence-corrected chi connectivity index (χ1v) is 19.3. The highest BCUT2D eigenvalue weighted by Gasteiger charge is 2.44. The average molecular weight is 686 g/mol. The number of halogens is 1. The molecule has 1 saturated heterocycles. The molecule has 3 aliphatic heterocycles. The summed E-state index contributed by atoms with van der Waals surface area (Å²) < 4.78 is 37.1. The Balaban J connectivity index is 1.38. The van der Waals surface area contributed by atoms with E-state index >= 15 is 0 Å². The molecule has 258 valence electrons. The molecule has 1 amide bonds. The van der Waals surface area contributed by atoms with Gasteiger partial charge in [-0.05, 0) is 137 Å². The molecule has 8 atom stereocenters. The average Bonchev–Trinajstić information content (AvgIpc) is 3.42. The summed E-state index contributed by atoms with van der Waals surface area (Å²) in [4.78, 5) is 18.1. The molecule has 0 spiro atoms. The monoisotopic (exact) mass is 685 g/mol. The van der Waals surface area contributed by atoms with Crippen molar-refractivity contribution >= 4 is 33.8 Å². The van der Waals surface area contributed by atoms with Gasteiger partial charge in [-0.3, -0.25) is 9.00 Å². The Morgan fingerprint density at radius 1 is 1.09 bits per heavy atom. The number of rotatable bonds is 4. The molecule has 2 aromatic rings. The van der Waals surface area contributed by atoms with Gasteiger partial charge in [0.15, 0.2) is 0 Å². The highest BCUT2D eigenvalue weighted by Crippen LogP contribution is 2.45. The Morgan fingerprint density at radius 3 is 2.70 bits per heavy atom. The molecule has 3 heterocycles. The standard InChI is InChI=1S/C37H52ClN3O5S/c1-24-23-47(43)39-37(42)26-10-13-34-33(19-26)41(21-27-8-11-30(38)17-25(27)7-5-6-16-45-34)22-28-9-12-32(28)35(44-4)20-29-18-31(46-36(24)29)14-15-40(2)3/h8,10-11,13,17,19,24,28-29,31-32,35-36,47H,5-7,9,12,14-16,18,20-23H2,1-4H3/t24-,28+,29-,31-,32-,35+,36-/m1/s1. The maximum atomic E-state index is 13.5. The molecule has 47 heavy (non-hydrogen) atoms. The van der Waals surface area contributed by atoms with Crippen molar-refractivity contribution in [3.05, 3.63) is 58.1 Å². The van der Waals surface area contributed by atoms with E-state index in [1.807, 2.05) is 25.3 Å². The number of benzene rings is 2. The summed E-state index contributed by atoms with van der Waals surface area (Å²) in [7, 11) is 3.95. The fraction of sp³-hybridized carbons (Fsp3) is 0.649. The van der Waals surface area contributed by atoms with Crippen LogP contribution in [-0.4, -0.2) is 80.0 Å². The van der Waals surface area contributed by atoms with Crippen molar-refractivity contribution in [2.75, 3.05) is 51.6 Å². The van der Waals surface area contributed by atoms with Gasteiger partial charge >= 0.3 is 0 Å². The number of methoxy groups -OCH3 is 1. The van der Waals surface area contributed by atoms with Crippen LogP contribution >= 0.6 is 11.6 Å². The molecular formula is C37H52ClN3O5S. The number of hydrogen-bond donors (Lipinski definition) is 1.